The van der Waals surface area contributed by atoms with Crippen LogP contribution in [-0.4, -0.2) is 19.6 Å². The highest BCUT2D eigenvalue weighted by Gasteiger charge is 2.13. The van der Waals surface area contributed by atoms with Crippen LogP contribution in [0, 0.1) is 6.92 Å². The first-order chi connectivity index (χ1) is 11.2. The summed E-state index contributed by atoms with van der Waals surface area (Å²) < 4.78 is 1.84. The number of aromatic nitrogens is 4. The molecule has 112 valence electrons. The van der Waals surface area contributed by atoms with Crippen molar-refractivity contribution in [2.75, 3.05) is 0 Å². The maximum Gasteiger partial charge on any atom is 0.155 e. The minimum Gasteiger partial charge on any atom is -0.256 e. The molecule has 0 atom stereocenters. The molecule has 3 aromatic heterocycles. The van der Waals surface area contributed by atoms with Crippen molar-refractivity contribution in [3.05, 3.63) is 71.8 Å². The van der Waals surface area contributed by atoms with Crippen LogP contribution in [0.2, 0.25) is 5.02 Å². The first-order valence-electron chi connectivity index (χ1n) is 7.25. The quantitative estimate of drug-likeness (QED) is 0.549. The van der Waals surface area contributed by atoms with Crippen molar-refractivity contribution in [2.24, 2.45) is 0 Å². The molecule has 5 heteroatoms. The Hall–Kier alpha value is -2.72. The highest BCUT2D eigenvalue weighted by molar-refractivity contribution is 6.30. The van der Waals surface area contributed by atoms with Gasteiger partial charge in [0, 0.05) is 33.6 Å². The molecule has 0 bridgehead atoms. The minimum atomic E-state index is 0.697. The number of hydrogen-bond acceptors (Lipinski definition) is 3. The smallest absolute Gasteiger partial charge is 0.155 e. The van der Waals surface area contributed by atoms with E-state index in [2.05, 4.69) is 27.2 Å². The first-order valence-corrected chi connectivity index (χ1v) is 7.62. The highest BCUT2D eigenvalue weighted by Crippen LogP contribution is 2.33. The van der Waals surface area contributed by atoms with Gasteiger partial charge in [-0.15, -0.1) is 0 Å². The van der Waals surface area contributed by atoms with Gasteiger partial charge in [0.15, 0.2) is 5.65 Å². The van der Waals surface area contributed by atoms with Crippen LogP contribution in [0.5, 0.6) is 0 Å². The van der Waals surface area contributed by atoms with Crippen LogP contribution in [-0.2, 0) is 0 Å². The third kappa shape index (κ3) is 2.37. The zero-order valence-electron chi connectivity index (χ0n) is 12.4. The van der Waals surface area contributed by atoms with E-state index in [0.717, 1.165) is 33.7 Å². The van der Waals surface area contributed by atoms with Crippen molar-refractivity contribution in [2.45, 2.75) is 6.92 Å². The summed E-state index contributed by atoms with van der Waals surface area (Å²) >= 11 is 6.14. The number of fused-ring (bicyclic) bond motifs is 1. The van der Waals surface area contributed by atoms with E-state index in [1.165, 1.54) is 0 Å². The predicted octanol–water partition coefficient (Wildman–Crippen LogP) is 4.42. The van der Waals surface area contributed by atoms with Gasteiger partial charge in [-0.3, -0.25) is 4.98 Å². The maximum atomic E-state index is 6.14. The lowest BCUT2D eigenvalue weighted by Crippen LogP contribution is -1.98. The average molecular weight is 321 g/mol. The van der Waals surface area contributed by atoms with Crippen molar-refractivity contribution >= 4 is 17.2 Å². The predicted molar refractivity (Wildman–Crippen MR) is 91.4 cm³/mol. The second-order valence-electron chi connectivity index (χ2n) is 5.27. The lowest BCUT2D eigenvalue weighted by molar-refractivity contribution is 0.917. The molecule has 0 radical (unpaired) electrons. The van der Waals surface area contributed by atoms with Crippen molar-refractivity contribution in [3.63, 3.8) is 0 Å². The molecule has 0 unspecified atom stereocenters. The van der Waals surface area contributed by atoms with Crippen molar-refractivity contribution in [1.82, 2.24) is 19.6 Å². The van der Waals surface area contributed by atoms with Gasteiger partial charge in [-0.05, 0) is 37.3 Å². The summed E-state index contributed by atoms with van der Waals surface area (Å²) in [6.45, 7) is 2.03. The third-order valence-electron chi connectivity index (χ3n) is 3.88. The van der Waals surface area contributed by atoms with Crippen molar-refractivity contribution in [3.8, 4) is 22.4 Å². The molecule has 0 aliphatic heterocycles. The summed E-state index contributed by atoms with van der Waals surface area (Å²) in [6.07, 6.45) is 3.36. The lowest BCUT2D eigenvalue weighted by atomic mass is 9.98. The number of benzene rings is 1. The fraction of sp³-hybridized carbons (Fsp3) is 0.0556. The number of nitrogens with zero attached hydrogens (tertiary/aromatic N) is 4. The lowest BCUT2D eigenvalue weighted by Gasteiger charge is -2.12. The van der Waals surface area contributed by atoms with Gasteiger partial charge in [-0.25, -0.2) is 9.50 Å². The monoisotopic (exact) mass is 320 g/mol. The van der Waals surface area contributed by atoms with Gasteiger partial charge in [-0.1, -0.05) is 29.8 Å². The van der Waals surface area contributed by atoms with E-state index in [1.807, 2.05) is 47.8 Å². The Labute approximate surface area is 138 Å². The van der Waals surface area contributed by atoms with Gasteiger partial charge in [-0.2, -0.15) is 5.10 Å². The van der Waals surface area contributed by atoms with Crippen molar-refractivity contribution in [1.29, 1.82) is 0 Å². The molecule has 0 saturated heterocycles. The van der Waals surface area contributed by atoms with Crippen LogP contribution in [0.25, 0.3) is 28.0 Å². The molecule has 3 heterocycles. The normalized spacial score (nSPS) is 11.0. The molecule has 4 aromatic rings. The number of rotatable bonds is 2. The standard InChI is InChI=1S/C18H13ClN4/c1-12-15(7-8-17-21-11-22-23(12)17)16-6-3-9-20-18(16)13-4-2-5-14(19)10-13/h2-11H,1H3. The molecule has 0 saturated carbocycles. The molecule has 0 N–H and O–H groups in total. The van der Waals surface area contributed by atoms with Crippen LogP contribution in [0.3, 0.4) is 0 Å². The topological polar surface area (TPSA) is 43.1 Å². The highest BCUT2D eigenvalue weighted by atomic mass is 35.5. The maximum absolute atomic E-state index is 6.14. The Morgan fingerprint density at radius 1 is 0.957 bits per heavy atom. The molecule has 23 heavy (non-hydrogen) atoms. The van der Waals surface area contributed by atoms with E-state index in [4.69, 9.17) is 11.6 Å². The first kappa shape index (κ1) is 13.9. The molecule has 1 aromatic carbocycles. The molecule has 0 aliphatic carbocycles. The van der Waals surface area contributed by atoms with Gasteiger partial charge in [0.2, 0.25) is 0 Å². The van der Waals surface area contributed by atoms with Gasteiger partial charge in [0.1, 0.15) is 6.33 Å². The molecule has 4 nitrogen and oxygen atoms in total. The van der Waals surface area contributed by atoms with E-state index in [0.29, 0.717) is 5.02 Å². The average Bonchev–Trinajstić information content (AvgIpc) is 3.05. The van der Waals surface area contributed by atoms with E-state index < -0.39 is 0 Å². The van der Waals surface area contributed by atoms with Crippen LogP contribution in [0.4, 0.5) is 0 Å². The van der Waals surface area contributed by atoms with Gasteiger partial charge in [0.25, 0.3) is 0 Å². The van der Waals surface area contributed by atoms with Gasteiger partial charge < -0.3 is 0 Å². The zero-order chi connectivity index (χ0) is 15.8. The number of halogens is 1. The fourth-order valence-electron chi connectivity index (χ4n) is 2.79. The third-order valence-corrected chi connectivity index (χ3v) is 4.11. The van der Waals surface area contributed by atoms with Crippen molar-refractivity contribution < 1.29 is 0 Å². The SMILES string of the molecule is Cc1c(-c2cccnc2-c2cccc(Cl)c2)ccc2ncnn12. The van der Waals surface area contributed by atoms with Gasteiger partial charge in [0.05, 0.1) is 5.69 Å². The Balaban J connectivity index is 1.97. The summed E-state index contributed by atoms with van der Waals surface area (Å²) in [7, 11) is 0. The second kappa shape index (κ2) is 5.48. The summed E-state index contributed by atoms with van der Waals surface area (Å²) in [4.78, 5) is 8.80. The molecule has 0 amide bonds. The van der Waals surface area contributed by atoms with Crippen LogP contribution in [0.1, 0.15) is 5.69 Å². The van der Waals surface area contributed by atoms with Crippen LogP contribution in [0.15, 0.2) is 61.1 Å². The Morgan fingerprint density at radius 3 is 2.74 bits per heavy atom. The Bertz CT molecular complexity index is 1010. The van der Waals surface area contributed by atoms with E-state index in [9.17, 15) is 0 Å². The van der Waals surface area contributed by atoms with Crippen LogP contribution < -0.4 is 0 Å². The minimum absolute atomic E-state index is 0.697. The molecular weight excluding hydrogens is 308 g/mol. The Kier molecular flexibility index (Phi) is 3.32. The number of aryl methyl sites for hydroxylation is 1. The van der Waals surface area contributed by atoms with E-state index in [-0.39, 0.29) is 0 Å². The van der Waals surface area contributed by atoms with Gasteiger partial charge >= 0.3 is 0 Å². The fourth-order valence-corrected chi connectivity index (χ4v) is 2.98. The second-order valence-corrected chi connectivity index (χ2v) is 5.71. The summed E-state index contributed by atoms with van der Waals surface area (Å²) in [5, 5.41) is 4.98. The summed E-state index contributed by atoms with van der Waals surface area (Å²) in [5.74, 6) is 0. The van der Waals surface area contributed by atoms with E-state index >= 15 is 0 Å². The summed E-state index contributed by atoms with van der Waals surface area (Å²) in [5.41, 5.74) is 5.87. The van der Waals surface area contributed by atoms with E-state index in [1.54, 1.807) is 12.5 Å². The number of pyridine rings is 2. The molecule has 0 fully saturated rings. The molecular formula is C18H13ClN4. The summed E-state index contributed by atoms with van der Waals surface area (Å²) in [6, 6.07) is 15.8. The molecule has 0 aliphatic rings. The molecule has 4 rings (SSSR count). The molecule has 0 spiro atoms. The number of hydrogen-bond donors (Lipinski definition) is 0. The van der Waals surface area contributed by atoms with Crippen LogP contribution >= 0.6 is 11.6 Å². The zero-order valence-corrected chi connectivity index (χ0v) is 13.2. The Morgan fingerprint density at radius 2 is 1.87 bits per heavy atom. The largest absolute Gasteiger partial charge is 0.256 e.